The first-order valence-corrected chi connectivity index (χ1v) is 12.7. The normalized spacial score (nSPS) is 22.6. The Morgan fingerprint density at radius 1 is 1.06 bits per heavy atom. The highest BCUT2D eigenvalue weighted by molar-refractivity contribution is 7.97. The van der Waals surface area contributed by atoms with Crippen LogP contribution in [0.4, 0.5) is 17.5 Å². The lowest BCUT2D eigenvalue weighted by Gasteiger charge is -2.48. The van der Waals surface area contributed by atoms with Crippen LogP contribution in [0.5, 0.6) is 0 Å². The lowest BCUT2D eigenvalue weighted by atomic mass is 9.84. The van der Waals surface area contributed by atoms with Gasteiger partial charge in [-0.25, -0.2) is 9.29 Å². The number of hydrogen-bond donors (Lipinski definition) is 3. The summed E-state index contributed by atoms with van der Waals surface area (Å²) < 4.78 is 2.63. The van der Waals surface area contributed by atoms with E-state index in [4.69, 9.17) is 4.98 Å². The van der Waals surface area contributed by atoms with Gasteiger partial charge in [-0.2, -0.15) is 5.10 Å². The van der Waals surface area contributed by atoms with Crippen molar-refractivity contribution in [3.8, 4) is 0 Å². The van der Waals surface area contributed by atoms with Gasteiger partial charge in [-0.05, 0) is 68.8 Å². The largest absolute Gasteiger partial charge is 0.367 e. The van der Waals surface area contributed by atoms with Crippen LogP contribution in [-0.4, -0.2) is 47.6 Å². The quantitative estimate of drug-likeness (QED) is 0.325. The number of hydrogen-bond acceptors (Lipinski definition) is 8. The van der Waals surface area contributed by atoms with Crippen molar-refractivity contribution in [1.82, 2.24) is 29.5 Å². The van der Waals surface area contributed by atoms with Crippen molar-refractivity contribution in [1.29, 1.82) is 0 Å². The Labute approximate surface area is 203 Å². The zero-order valence-corrected chi connectivity index (χ0v) is 19.9. The minimum atomic E-state index is 0.375. The molecule has 2 fully saturated rings. The van der Waals surface area contributed by atoms with E-state index < -0.39 is 0 Å². The lowest BCUT2D eigenvalue weighted by molar-refractivity contribution is 0.128. The maximum Gasteiger partial charge on any atom is 0.153 e. The number of piperidine rings is 2. The Morgan fingerprint density at radius 3 is 2.68 bits per heavy atom. The van der Waals surface area contributed by atoms with Crippen LogP contribution < -0.4 is 10.6 Å². The number of anilines is 3. The third-order valence-corrected chi connectivity index (χ3v) is 7.91. The first-order chi connectivity index (χ1) is 16.7. The molecule has 6 rings (SSSR count). The predicted molar refractivity (Wildman–Crippen MR) is 136 cm³/mol. The van der Waals surface area contributed by atoms with E-state index >= 15 is 0 Å². The van der Waals surface area contributed by atoms with E-state index in [1.54, 1.807) is 0 Å². The molecule has 6 heterocycles. The van der Waals surface area contributed by atoms with E-state index in [9.17, 15) is 0 Å². The zero-order valence-electron chi connectivity index (χ0n) is 19.1. The molecule has 0 spiro atoms. The van der Waals surface area contributed by atoms with Gasteiger partial charge in [-0.3, -0.25) is 15.1 Å². The minimum Gasteiger partial charge on any atom is -0.367 e. The minimum absolute atomic E-state index is 0.375. The summed E-state index contributed by atoms with van der Waals surface area (Å²) in [6, 6.07) is 13.7. The van der Waals surface area contributed by atoms with Gasteiger partial charge in [0.25, 0.3) is 0 Å². The van der Waals surface area contributed by atoms with Crippen LogP contribution >= 0.6 is 11.9 Å². The molecule has 174 valence electrons. The Balaban J connectivity index is 1.23. The molecule has 4 aromatic heterocycles. The molecule has 0 aromatic carbocycles. The summed E-state index contributed by atoms with van der Waals surface area (Å²) in [4.78, 5) is 15.0. The van der Waals surface area contributed by atoms with Gasteiger partial charge in [0.15, 0.2) is 5.82 Å². The first kappa shape index (κ1) is 21.4. The summed E-state index contributed by atoms with van der Waals surface area (Å²) >= 11 is 1.87. The van der Waals surface area contributed by atoms with E-state index in [1.807, 2.05) is 61.7 Å². The second-order valence-electron chi connectivity index (χ2n) is 9.18. The highest BCUT2D eigenvalue weighted by Crippen LogP contribution is 2.42. The zero-order chi connectivity index (χ0) is 22.9. The maximum absolute atomic E-state index is 4.94. The Morgan fingerprint density at radius 2 is 1.91 bits per heavy atom. The van der Waals surface area contributed by atoms with Crippen molar-refractivity contribution < 1.29 is 0 Å². The molecule has 2 atom stereocenters. The lowest BCUT2D eigenvalue weighted by Crippen LogP contribution is -2.51. The van der Waals surface area contributed by atoms with Crippen LogP contribution in [-0.2, 0) is 0 Å². The molecule has 8 nitrogen and oxygen atoms in total. The van der Waals surface area contributed by atoms with Crippen molar-refractivity contribution in [2.75, 3.05) is 10.6 Å². The average molecular weight is 473 g/mol. The number of nitrogens with zero attached hydrogens (tertiary/aromatic N) is 5. The summed E-state index contributed by atoms with van der Waals surface area (Å²) in [5.41, 5.74) is 1.92. The first-order valence-electron chi connectivity index (χ1n) is 11.9. The number of aromatic nitrogens is 5. The molecule has 3 N–H and O–H groups in total. The van der Waals surface area contributed by atoms with Gasteiger partial charge < -0.3 is 10.6 Å². The molecular formula is C25H28N8S. The molecule has 9 heteroatoms. The van der Waals surface area contributed by atoms with Crippen molar-refractivity contribution >= 4 is 40.3 Å². The molecule has 2 saturated heterocycles. The summed E-state index contributed by atoms with van der Waals surface area (Å²) in [6.45, 7) is 1.98. The van der Waals surface area contributed by atoms with Crippen LogP contribution in [0.3, 0.4) is 0 Å². The van der Waals surface area contributed by atoms with E-state index in [0.29, 0.717) is 18.1 Å². The van der Waals surface area contributed by atoms with E-state index in [-0.39, 0.29) is 0 Å². The van der Waals surface area contributed by atoms with Crippen LogP contribution in [0.1, 0.15) is 37.8 Å². The van der Waals surface area contributed by atoms with Gasteiger partial charge in [0.05, 0.1) is 5.52 Å². The van der Waals surface area contributed by atoms with Gasteiger partial charge in [0.2, 0.25) is 0 Å². The summed E-state index contributed by atoms with van der Waals surface area (Å²) in [7, 11) is 0. The molecule has 2 aliphatic rings. The topological polar surface area (TPSA) is 94.7 Å². The third kappa shape index (κ3) is 4.45. The van der Waals surface area contributed by atoms with Crippen molar-refractivity contribution in [2.45, 2.75) is 62.0 Å². The average Bonchev–Trinajstić information content (AvgIpc) is 3.24. The Hall–Kier alpha value is -3.17. The van der Waals surface area contributed by atoms with E-state index in [2.05, 4.69) is 47.2 Å². The molecule has 2 unspecified atom stereocenters. The van der Waals surface area contributed by atoms with E-state index in [1.165, 1.54) is 24.2 Å². The van der Waals surface area contributed by atoms with Crippen LogP contribution in [0.2, 0.25) is 0 Å². The van der Waals surface area contributed by atoms with Crippen molar-refractivity contribution in [3.05, 3.63) is 60.7 Å². The third-order valence-electron chi connectivity index (χ3n) is 6.66. The fourth-order valence-corrected chi connectivity index (χ4v) is 6.36. The molecule has 2 bridgehead atoms. The Bertz CT molecular complexity index is 1260. The van der Waals surface area contributed by atoms with Crippen LogP contribution in [0.15, 0.2) is 59.9 Å². The molecule has 0 aliphatic carbocycles. The summed E-state index contributed by atoms with van der Waals surface area (Å²) in [6.07, 6.45) is 11.6. The highest BCUT2D eigenvalue weighted by atomic mass is 32.2. The number of rotatable bonds is 6. The maximum atomic E-state index is 4.94. The second-order valence-corrected chi connectivity index (χ2v) is 10.3. The fourth-order valence-electron chi connectivity index (χ4n) is 5.18. The number of pyridine rings is 3. The predicted octanol–water partition coefficient (Wildman–Crippen LogP) is 5.30. The molecule has 0 radical (unpaired) electrons. The smallest absolute Gasteiger partial charge is 0.153 e. The summed E-state index contributed by atoms with van der Waals surface area (Å²) in [5, 5.41) is 15.4. The van der Waals surface area contributed by atoms with Gasteiger partial charge in [0, 0.05) is 64.8 Å². The van der Waals surface area contributed by atoms with Crippen molar-refractivity contribution in [3.63, 3.8) is 0 Å². The van der Waals surface area contributed by atoms with E-state index in [0.717, 1.165) is 46.9 Å². The summed E-state index contributed by atoms with van der Waals surface area (Å²) in [5.74, 6) is 2.38. The fraction of sp³-hybridized carbons (Fsp3) is 0.360. The molecule has 4 aromatic rings. The van der Waals surface area contributed by atoms with Crippen LogP contribution in [0, 0.1) is 6.92 Å². The highest BCUT2D eigenvalue weighted by Gasteiger charge is 2.39. The molecule has 0 saturated carbocycles. The van der Waals surface area contributed by atoms with Gasteiger partial charge >= 0.3 is 0 Å². The number of aryl methyl sites for hydroxylation is 1. The number of H-pyrrole nitrogens is 1. The standard InChI is InChI=1S/C25H28N8S/c1-16-11-24(32-31-16)29-23-14-22-21(8-4-10-27-22)25(30-23)28-17-12-18-5-2-6-19(13-17)33(18)34-20-7-3-9-26-15-20/h3-4,7-11,14-15,17-19H,2,5-6,12-13H2,1H3,(H3,28,29,30,31,32). The molecule has 2 aliphatic heterocycles. The number of fused-ring (bicyclic) bond motifs is 3. The van der Waals surface area contributed by atoms with Crippen LogP contribution in [0.25, 0.3) is 10.9 Å². The van der Waals surface area contributed by atoms with Gasteiger partial charge in [-0.15, -0.1) is 0 Å². The monoisotopic (exact) mass is 472 g/mol. The number of nitrogens with one attached hydrogen (secondary N) is 3. The Kier molecular flexibility index (Phi) is 5.80. The number of aromatic amines is 1. The molecule has 0 amide bonds. The SMILES string of the molecule is Cc1cc(Nc2cc3ncccc3c(NC3CC4CCCC(C3)N4Sc3cccnc3)n2)n[nH]1. The molecule has 34 heavy (non-hydrogen) atoms. The van der Waals surface area contributed by atoms with Gasteiger partial charge in [-0.1, -0.05) is 6.42 Å². The molecular weight excluding hydrogens is 444 g/mol. The van der Waals surface area contributed by atoms with Crippen molar-refractivity contribution in [2.24, 2.45) is 0 Å². The second kappa shape index (κ2) is 9.23. The van der Waals surface area contributed by atoms with Gasteiger partial charge in [0.1, 0.15) is 11.6 Å².